The first-order valence-electron chi connectivity index (χ1n) is 5.13. The lowest BCUT2D eigenvalue weighted by Crippen LogP contribution is -2.27. The van der Waals surface area contributed by atoms with E-state index in [2.05, 4.69) is 5.32 Å². The zero-order valence-corrected chi connectivity index (χ0v) is 10.3. The van der Waals surface area contributed by atoms with E-state index in [0.29, 0.717) is 6.61 Å². The molecule has 1 radical (unpaired) electrons. The fraction of sp³-hybridized carbons (Fsp3) is 0.333. The molecule has 4 heteroatoms. The summed E-state index contributed by atoms with van der Waals surface area (Å²) in [5.74, 6) is -0.231. The molecule has 0 saturated heterocycles. The first kappa shape index (κ1) is 13.1. The van der Waals surface area contributed by atoms with E-state index >= 15 is 0 Å². The van der Waals surface area contributed by atoms with Crippen LogP contribution in [0.15, 0.2) is 30.3 Å². The monoisotopic (exact) mass is 238 g/mol. The van der Waals surface area contributed by atoms with Crippen LogP contribution in [0.3, 0.4) is 0 Å². The SMILES string of the molecule is CCOC(=O)CN[C](SC)c1ccccc1. The number of carbonyl (C=O) groups excluding carboxylic acids is 1. The summed E-state index contributed by atoms with van der Waals surface area (Å²) in [6, 6.07) is 9.91. The number of benzene rings is 1. The number of esters is 1. The predicted molar refractivity (Wildman–Crippen MR) is 66.9 cm³/mol. The van der Waals surface area contributed by atoms with Crippen molar-refractivity contribution in [2.75, 3.05) is 19.4 Å². The highest BCUT2D eigenvalue weighted by Crippen LogP contribution is 2.21. The van der Waals surface area contributed by atoms with Gasteiger partial charge in [0.1, 0.15) is 5.37 Å². The molecule has 3 nitrogen and oxygen atoms in total. The quantitative estimate of drug-likeness (QED) is 0.770. The Balaban J connectivity index is 2.47. The molecule has 0 aliphatic rings. The average Bonchev–Trinajstić information content (AvgIpc) is 2.31. The number of hydrogen-bond acceptors (Lipinski definition) is 4. The second-order valence-electron chi connectivity index (χ2n) is 3.06. The highest BCUT2D eigenvalue weighted by atomic mass is 32.2. The third kappa shape index (κ3) is 4.24. The molecule has 1 N–H and O–H groups in total. The summed E-state index contributed by atoms with van der Waals surface area (Å²) in [5, 5.41) is 4.06. The van der Waals surface area contributed by atoms with Crippen LogP contribution in [0, 0.1) is 5.37 Å². The number of nitrogens with one attached hydrogen (secondary N) is 1. The van der Waals surface area contributed by atoms with Gasteiger partial charge in [0.2, 0.25) is 0 Å². The van der Waals surface area contributed by atoms with Gasteiger partial charge in [-0.05, 0) is 18.7 Å². The third-order valence-corrected chi connectivity index (χ3v) is 2.73. The predicted octanol–water partition coefficient (Wildman–Crippen LogP) is 2.04. The lowest BCUT2D eigenvalue weighted by atomic mass is 10.2. The number of ether oxygens (including phenoxy) is 1. The van der Waals surface area contributed by atoms with Crippen molar-refractivity contribution in [1.29, 1.82) is 0 Å². The van der Waals surface area contributed by atoms with Gasteiger partial charge in [-0.15, -0.1) is 11.8 Å². The maximum Gasteiger partial charge on any atom is 0.319 e. The van der Waals surface area contributed by atoms with Crippen molar-refractivity contribution in [3.63, 3.8) is 0 Å². The minimum absolute atomic E-state index is 0.207. The standard InChI is InChI=1S/C12H16NO2S/c1-3-15-11(14)9-13-12(16-2)10-7-5-4-6-8-10/h4-8,13H,3,9H2,1-2H3. The number of rotatable bonds is 6. The van der Waals surface area contributed by atoms with Crippen LogP contribution in [-0.4, -0.2) is 25.4 Å². The zero-order chi connectivity index (χ0) is 11.8. The van der Waals surface area contributed by atoms with Crippen molar-refractivity contribution >= 4 is 17.7 Å². The van der Waals surface area contributed by atoms with Gasteiger partial charge in [0.25, 0.3) is 0 Å². The molecule has 1 aromatic rings. The molecule has 0 amide bonds. The van der Waals surface area contributed by atoms with Crippen LogP contribution >= 0.6 is 11.8 Å². The van der Waals surface area contributed by atoms with Gasteiger partial charge in [0, 0.05) is 0 Å². The molecular formula is C12H16NO2S. The van der Waals surface area contributed by atoms with Crippen LogP contribution in [0.4, 0.5) is 0 Å². The Morgan fingerprint density at radius 2 is 2.06 bits per heavy atom. The number of hydrogen-bond donors (Lipinski definition) is 1. The molecule has 0 atom stereocenters. The molecule has 0 spiro atoms. The fourth-order valence-corrected chi connectivity index (χ4v) is 1.83. The fourth-order valence-electron chi connectivity index (χ4n) is 1.25. The van der Waals surface area contributed by atoms with Crippen LogP contribution in [-0.2, 0) is 9.53 Å². The topological polar surface area (TPSA) is 38.3 Å². The van der Waals surface area contributed by atoms with Crippen molar-refractivity contribution in [2.24, 2.45) is 0 Å². The molecule has 0 unspecified atom stereocenters. The van der Waals surface area contributed by atoms with Gasteiger partial charge in [-0.3, -0.25) is 10.1 Å². The van der Waals surface area contributed by atoms with E-state index in [9.17, 15) is 4.79 Å². The third-order valence-electron chi connectivity index (χ3n) is 1.94. The average molecular weight is 238 g/mol. The number of carbonyl (C=O) groups is 1. The zero-order valence-electron chi connectivity index (χ0n) is 9.53. The lowest BCUT2D eigenvalue weighted by Gasteiger charge is -2.14. The van der Waals surface area contributed by atoms with E-state index in [1.54, 1.807) is 18.7 Å². The van der Waals surface area contributed by atoms with Crippen molar-refractivity contribution in [1.82, 2.24) is 5.32 Å². The summed E-state index contributed by atoms with van der Waals surface area (Å²) in [6.45, 7) is 2.42. The Bertz CT molecular complexity index is 316. The molecule has 0 aliphatic carbocycles. The van der Waals surface area contributed by atoms with Gasteiger partial charge in [-0.2, -0.15) is 0 Å². The van der Waals surface area contributed by atoms with Crippen LogP contribution < -0.4 is 5.32 Å². The van der Waals surface area contributed by atoms with E-state index in [1.807, 2.05) is 36.6 Å². The second kappa shape index (κ2) is 7.30. The summed E-state index contributed by atoms with van der Waals surface area (Å²) >= 11 is 1.58. The Labute approximate surface area is 101 Å². The number of thioether (sulfide) groups is 1. The highest BCUT2D eigenvalue weighted by molar-refractivity contribution is 8.01. The molecule has 1 rings (SSSR count). The van der Waals surface area contributed by atoms with Crippen LogP contribution in [0.1, 0.15) is 12.5 Å². The molecule has 16 heavy (non-hydrogen) atoms. The normalized spacial score (nSPS) is 10.4. The lowest BCUT2D eigenvalue weighted by molar-refractivity contribution is -0.141. The molecular weight excluding hydrogens is 222 g/mol. The smallest absolute Gasteiger partial charge is 0.319 e. The van der Waals surface area contributed by atoms with Crippen LogP contribution in [0.25, 0.3) is 0 Å². The Kier molecular flexibility index (Phi) is 5.96. The second-order valence-corrected chi connectivity index (χ2v) is 3.87. The Hall–Kier alpha value is -1.00. The maximum absolute atomic E-state index is 11.2. The largest absolute Gasteiger partial charge is 0.465 e. The Morgan fingerprint density at radius 1 is 1.38 bits per heavy atom. The molecule has 87 valence electrons. The Morgan fingerprint density at radius 3 is 2.62 bits per heavy atom. The first-order chi connectivity index (χ1) is 7.77. The van der Waals surface area contributed by atoms with E-state index in [1.165, 1.54) is 0 Å². The minimum atomic E-state index is -0.231. The van der Waals surface area contributed by atoms with E-state index in [-0.39, 0.29) is 12.5 Å². The molecule has 0 fully saturated rings. The van der Waals surface area contributed by atoms with E-state index in [0.717, 1.165) is 10.9 Å². The van der Waals surface area contributed by atoms with Crippen LogP contribution in [0.2, 0.25) is 0 Å². The minimum Gasteiger partial charge on any atom is -0.465 e. The van der Waals surface area contributed by atoms with Crippen LogP contribution in [0.5, 0.6) is 0 Å². The van der Waals surface area contributed by atoms with Crippen molar-refractivity contribution < 1.29 is 9.53 Å². The molecule has 0 aliphatic heterocycles. The summed E-state index contributed by atoms with van der Waals surface area (Å²) in [6.07, 6.45) is 1.97. The molecule has 0 bridgehead atoms. The molecule has 0 aromatic heterocycles. The first-order valence-corrected chi connectivity index (χ1v) is 6.36. The van der Waals surface area contributed by atoms with Crippen molar-refractivity contribution in [3.05, 3.63) is 41.3 Å². The van der Waals surface area contributed by atoms with Gasteiger partial charge in [-0.25, -0.2) is 0 Å². The van der Waals surface area contributed by atoms with Gasteiger partial charge >= 0.3 is 5.97 Å². The van der Waals surface area contributed by atoms with Gasteiger partial charge < -0.3 is 4.74 Å². The maximum atomic E-state index is 11.2. The molecule has 1 aromatic carbocycles. The van der Waals surface area contributed by atoms with Gasteiger partial charge in [-0.1, -0.05) is 30.3 Å². The van der Waals surface area contributed by atoms with Gasteiger partial charge in [0.05, 0.1) is 13.2 Å². The van der Waals surface area contributed by atoms with Gasteiger partial charge in [0.15, 0.2) is 0 Å². The van der Waals surface area contributed by atoms with Crippen molar-refractivity contribution in [2.45, 2.75) is 6.92 Å². The van der Waals surface area contributed by atoms with E-state index < -0.39 is 0 Å². The molecule has 0 heterocycles. The highest BCUT2D eigenvalue weighted by Gasteiger charge is 2.12. The summed E-state index contributed by atoms with van der Waals surface area (Å²) in [7, 11) is 0. The van der Waals surface area contributed by atoms with Crippen molar-refractivity contribution in [3.8, 4) is 0 Å². The molecule has 0 saturated carbocycles. The summed E-state index contributed by atoms with van der Waals surface area (Å²) in [4.78, 5) is 11.2. The summed E-state index contributed by atoms with van der Waals surface area (Å²) in [5.41, 5.74) is 1.08. The summed E-state index contributed by atoms with van der Waals surface area (Å²) < 4.78 is 4.85. The van der Waals surface area contributed by atoms with E-state index in [4.69, 9.17) is 4.74 Å².